The molecule has 3 rings (SSSR count). The maximum atomic E-state index is 11.6. The van der Waals surface area contributed by atoms with Gasteiger partial charge in [0.25, 0.3) is 0 Å². The van der Waals surface area contributed by atoms with E-state index in [1.54, 1.807) is 4.52 Å². The Morgan fingerprint density at radius 1 is 1.41 bits per heavy atom. The lowest BCUT2D eigenvalue weighted by Gasteiger charge is -2.05. The molecule has 1 N–H and O–H groups in total. The maximum absolute atomic E-state index is 11.6. The Balaban J connectivity index is 1.44. The molecule has 3 aromatic rings. The molecule has 0 aromatic carbocycles. The van der Waals surface area contributed by atoms with Gasteiger partial charge in [-0.2, -0.15) is 5.10 Å². The first-order chi connectivity index (χ1) is 10.7. The van der Waals surface area contributed by atoms with Crippen molar-refractivity contribution in [1.29, 1.82) is 0 Å². The summed E-state index contributed by atoms with van der Waals surface area (Å²) in [6.45, 7) is 2.67. The third-order valence-electron chi connectivity index (χ3n) is 3.15. The average molecular weight is 300 g/mol. The first-order valence-corrected chi connectivity index (χ1v) is 6.99. The zero-order chi connectivity index (χ0) is 15.4. The highest BCUT2D eigenvalue weighted by Crippen LogP contribution is 2.06. The van der Waals surface area contributed by atoms with E-state index in [1.165, 1.54) is 11.0 Å². The number of hydrogen-bond donors (Lipinski definition) is 1. The number of nitrogens with one attached hydrogen (secondary N) is 1. The van der Waals surface area contributed by atoms with E-state index in [0.29, 0.717) is 6.54 Å². The number of amides is 1. The van der Waals surface area contributed by atoms with Gasteiger partial charge in [0, 0.05) is 25.0 Å². The molecular formula is C13H16N8O. The second-order valence-electron chi connectivity index (χ2n) is 5.01. The Labute approximate surface area is 126 Å². The summed E-state index contributed by atoms with van der Waals surface area (Å²) in [5, 5.41) is 17.8. The molecule has 22 heavy (non-hydrogen) atoms. The van der Waals surface area contributed by atoms with Gasteiger partial charge < -0.3 is 5.32 Å². The number of carbonyl (C=O) groups excluding carboxylic acids is 1. The number of tetrazole rings is 1. The average Bonchev–Trinajstić information content (AvgIpc) is 3.11. The van der Waals surface area contributed by atoms with Crippen molar-refractivity contribution in [2.75, 3.05) is 6.54 Å². The lowest BCUT2D eigenvalue weighted by Crippen LogP contribution is -2.28. The summed E-state index contributed by atoms with van der Waals surface area (Å²) < 4.78 is 3.16. The fourth-order valence-corrected chi connectivity index (χ4v) is 2.14. The van der Waals surface area contributed by atoms with Crippen LogP contribution in [0, 0.1) is 6.92 Å². The monoisotopic (exact) mass is 300 g/mol. The normalized spacial score (nSPS) is 11.0. The van der Waals surface area contributed by atoms with Gasteiger partial charge in [-0.05, 0) is 35.8 Å². The van der Waals surface area contributed by atoms with Crippen LogP contribution in [-0.2, 0) is 17.8 Å². The first-order valence-electron chi connectivity index (χ1n) is 6.99. The van der Waals surface area contributed by atoms with Crippen LogP contribution in [-0.4, -0.2) is 47.3 Å². The fourth-order valence-electron chi connectivity index (χ4n) is 2.14. The van der Waals surface area contributed by atoms with Crippen molar-refractivity contribution in [3.63, 3.8) is 0 Å². The summed E-state index contributed by atoms with van der Waals surface area (Å²) in [4.78, 5) is 16.0. The summed E-state index contributed by atoms with van der Waals surface area (Å²) in [5.74, 6) is -0.108. The number of nitrogens with zero attached hydrogens (tertiary/aromatic N) is 7. The number of aryl methyl sites for hydroxylation is 2. The van der Waals surface area contributed by atoms with Crippen molar-refractivity contribution in [2.45, 2.75) is 26.3 Å². The van der Waals surface area contributed by atoms with E-state index in [2.05, 4.69) is 30.9 Å². The minimum atomic E-state index is -0.108. The largest absolute Gasteiger partial charge is 0.354 e. The topological polar surface area (TPSA) is 103 Å². The number of fused-ring (bicyclic) bond motifs is 1. The standard InChI is InChI=1S/C13H16N8O/c1-10-5-12-15-6-11(7-21(12)17-10)3-2-4-14-13(22)8-20-9-16-18-19-20/h5-7,9H,2-4,8H2,1H3,(H,14,22). The van der Waals surface area contributed by atoms with Gasteiger partial charge in [-0.15, -0.1) is 5.10 Å². The molecule has 0 bridgehead atoms. The Morgan fingerprint density at radius 3 is 3.14 bits per heavy atom. The van der Waals surface area contributed by atoms with Crippen LogP contribution < -0.4 is 5.32 Å². The third-order valence-corrected chi connectivity index (χ3v) is 3.15. The molecule has 9 heteroatoms. The van der Waals surface area contributed by atoms with Gasteiger partial charge in [0.2, 0.25) is 5.91 Å². The second-order valence-corrected chi connectivity index (χ2v) is 5.01. The van der Waals surface area contributed by atoms with Crippen molar-refractivity contribution in [3.05, 3.63) is 36.0 Å². The van der Waals surface area contributed by atoms with Gasteiger partial charge in [0.15, 0.2) is 5.65 Å². The lowest BCUT2D eigenvalue weighted by atomic mass is 10.2. The SMILES string of the molecule is Cc1cc2ncc(CCCNC(=O)Cn3cnnn3)cn2n1. The molecule has 3 aromatic heterocycles. The molecular weight excluding hydrogens is 284 g/mol. The summed E-state index contributed by atoms with van der Waals surface area (Å²) in [6.07, 6.45) is 6.88. The van der Waals surface area contributed by atoms with Gasteiger partial charge >= 0.3 is 0 Å². The first kappa shape index (κ1) is 14.1. The van der Waals surface area contributed by atoms with Gasteiger partial charge in [-0.3, -0.25) is 4.79 Å². The Morgan fingerprint density at radius 2 is 2.32 bits per heavy atom. The number of aromatic nitrogens is 7. The van der Waals surface area contributed by atoms with Crippen LogP contribution in [0.4, 0.5) is 0 Å². The van der Waals surface area contributed by atoms with E-state index in [-0.39, 0.29) is 12.5 Å². The molecule has 0 spiro atoms. The number of carbonyl (C=O) groups is 1. The van der Waals surface area contributed by atoms with Crippen LogP contribution in [0.1, 0.15) is 17.7 Å². The molecule has 0 unspecified atom stereocenters. The molecule has 0 saturated heterocycles. The van der Waals surface area contributed by atoms with Crippen molar-refractivity contribution in [2.24, 2.45) is 0 Å². The summed E-state index contributed by atoms with van der Waals surface area (Å²) in [6, 6.07) is 1.93. The Hall–Kier alpha value is -2.84. The number of hydrogen-bond acceptors (Lipinski definition) is 6. The molecule has 0 fully saturated rings. The molecule has 0 radical (unpaired) electrons. The minimum Gasteiger partial charge on any atom is -0.354 e. The Bertz CT molecular complexity index is 764. The highest BCUT2D eigenvalue weighted by Gasteiger charge is 2.04. The third kappa shape index (κ3) is 3.43. The van der Waals surface area contributed by atoms with Crippen LogP contribution in [0.5, 0.6) is 0 Å². The highest BCUT2D eigenvalue weighted by atomic mass is 16.2. The molecule has 3 heterocycles. The maximum Gasteiger partial charge on any atom is 0.241 e. The molecule has 0 saturated carbocycles. The smallest absolute Gasteiger partial charge is 0.241 e. The lowest BCUT2D eigenvalue weighted by molar-refractivity contribution is -0.121. The van der Waals surface area contributed by atoms with Crippen LogP contribution in [0.3, 0.4) is 0 Å². The van der Waals surface area contributed by atoms with E-state index in [0.717, 1.165) is 29.7 Å². The second kappa shape index (κ2) is 6.29. The molecule has 0 aliphatic heterocycles. The van der Waals surface area contributed by atoms with Crippen molar-refractivity contribution >= 4 is 11.6 Å². The molecule has 0 aliphatic rings. The van der Waals surface area contributed by atoms with E-state index < -0.39 is 0 Å². The van der Waals surface area contributed by atoms with Gasteiger partial charge in [-0.25, -0.2) is 14.2 Å². The van der Waals surface area contributed by atoms with E-state index in [1.807, 2.05) is 25.4 Å². The molecule has 9 nitrogen and oxygen atoms in total. The van der Waals surface area contributed by atoms with Crippen molar-refractivity contribution in [1.82, 2.24) is 40.1 Å². The Kier molecular flexibility index (Phi) is 4.03. The minimum absolute atomic E-state index is 0.108. The van der Waals surface area contributed by atoms with Crippen LogP contribution >= 0.6 is 0 Å². The predicted octanol–water partition coefficient (Wildman–Crippen LogP) is -0.227. The summed E-state index contributed by atoms with van der Waals surface area (Å²) in [7, 11) is 0. The van der Waals surface area contributed by atoms with Gasteiger partial charge in [0.05, 0.1) is 5.69 Å². The molecule has 0 aliphatic carbocycles. The van der Waals surface area contributed by atoms with Crippen LogP contribution in [0.15, 0.2) is 24.8 Å². The van der Waals surface area contributed by atoms with Gasteiger partial charge in [0.1, 0.15) is 12.9 Å². The van der Waals surface area contributed by atoms with Crippen LogP contribution in [0.25, 0.3) is 5.65 Å². The highest BCUT2D eigenvalue weighted by molar-refractivity contribution is 5.75. The van der Waals surface area contributed by atoms with E-state index in [9.17, 15) is 4.79 Å². The van der Waals surface area contributed by atoms with E-state index in [4.69, 9.17) is 0 Å². The zero-order valence-electron chi connectivity index (χ0n) is 12.2. The van der Waals surface area contributed by atoms with Crippen molar-refractivity contribution < 1.29 is 4.79 Å². The van der Waals surface area contributed by atoms with Gasteiger partial charge in [-0.1, -0.05) is 0 Å². The molecule has 1 amide bonds. The quantitative estimate of drug-likeness (QED) is 0.631. The predicted molar refractivity (Wildman–Crippen MR) is 76.9 cm³/mol. The molecule has 0 atom stereocenters. The van der Waals surface area contributed by atoms with Crippen LogP contribution in [0.2, 0.25) is 0 Å². The fraction of sp³-hybridized carbons (Fsp3) is 0.385. The zero-order valence-corrected chi connectivity index (χ0v) is 12.2. The summed E-state index contributed by atoms with van der Waals surface area (Å²) >= 11 is 0. The molecule has 114 valence electrons. The van der Waals surface area contributed by atoms with E-state index >= 15 is 0 Å². The number of rotatable bonds is 6. The summed E-state index contributed by atoms with van der Waals surface area (Å²) in [5.41, 5.74) is 2.88. The van der Waals surface area contributed by atoms with Crippen molar-refractivity contribution in [3.8, 4) is 0 Å².